The van der Waals surface area contributed by atoms with Crippen LogP contribution in [-0.2, 0) is 6.54 Å². The average molecular weight is 264 g/mol. The number of thiophene rings is 1. The first kappa shape index (κ1) is 12.6. The van der Waals surface area contributed by atoms with E-state index >= 15 is 0 Å². The second kappa shape index (κ2) is 5.32. The largest absolute Gasteiger partial charge is 0.314 e. The van der Waals surface area contributed by atoms with Gasteiger partial charge < -0.3 is 5.32 Å². The predicted molar refractivity (Wildman–Crippen MR) is 78.1 cm³/mol. The summed E-state index contributed by atoms with van der Waals surface area (Å²) in [6.07, 6.45) is 5.54. The van der Waals surface area contributed by atoms with Crippen LogP contribution in [0.25, 0.3) is 0 Å². The van der Waals surface area contributed by atoms with Gasteiger partial charge in [-0.2, -0.15) is 0 Å². The number of aryl methyl sites for hydroxylation is 1. The van der Waals surface area contributed by atoms with E-state index in [-0.39, 0.29) is 0 Å². The zero-order valence-electron chi connectivity index (χ0n) is 11.5. The Labute approximate surface area is 114 Å². The lowest BCUT2D eigenvalue weighted by Gasteiger charge is -2.39. The molecule has 1 N–H and O–H groups in total. The van der Waals surface area contributed by atoms with Gasteiger partial charge in [0.1, 0.15) is 0 Å². The molecule has 2 aliphatic heterocycles. The monoisotopic (exact) mass is 264 g/mol. The Balaban J connectivity index is 1.67. The van der Waals surface area contributed by atoms with Gasteiger partial charge in [0.2, 0.25) is 0 Å². The maximum atomic E-state index is 3.65. The highest BCUT2D eigenvalue weighted by Crippen LogP contribution is 2.37. The van der Waals surface area contributed by atoms with Crippen LogP contribution in [0, 0.1) is 6.92 Å². The molecule has 2 atom stereocenters. The van der Waals surface area contributed by atoms with Crippen LogP contribution in [0.2, 0.25) is 0 Å². The van der Waals surface area contributed by atoms with Crippen molar-refractivity contribution in [2.75, 3.05) is 6.54 Å². The molecular weight excluding hydrogens is 240 g/mol. The van der Waals surface area contributed by atoms with Gasteiger partial charge in [0.15, 0.2) is 0 Å². The molecule has 18 heavy (non-hydrogen) atoms. The van der Waals surface area contributed by atoms with Gasteiger partial charge in [-0.1, -0.05) is 6.92 Å². The van der Waals surface area contributed by atoms with Gasteiger partial charge in [0.25, 0.3) is 0 Å². The van der Waals surface area contributed by atoms with E-state index < -0.39 is 0 Å². The number of rotatable bonds is 4. The van der Waals surface area contributed by atoms with Crippen molar-refractivity contribution in [1.29, 1.82) is 0 Å². The minimum atomic E-state index is 0.771. The number of hydrogen-bond donors (Lipinski definition) is 1. The third-order valence-electron chi connectivity index (χ3n) is 4.67. The zero-order chi connectivity index (χ0) is 12.5. The van der Waals surface area contributed by atoms with Crippen LogP contribution in [0.4, 0.5) is 0 Å². The molecule has 0 aromatic carbocycles. The lowest BCUT2D eigenvalue weighted by molar-refractivity contribution is 0.111. The first-order chi connectivity index (χ1) is 8.78. The molecule has 2 unspecified atom stereocenters. The van der Waals surface area contributed by atoms with E-state index in [0.717, 1.165) is 24.7 Å². The van der Waals surface area contributed by atoms with Gasteiger partial charge in [-0.3, -0.25) is 4.90 Å². The normalized spacial score (nSPS) is 32.0. The molecule has 2 aliphatic rings. The molecule has 0 amide bonds. The average Bonchev–Trinajstić information content (AvgIpc) is 2.84. The number of fused-ring (bicyclic) bond motifs is 2. The van der Waals surface area contributed by atoms with E-state index in [2.05, 4.69) is 35.5 Å². The first-order valence-electron chi connectivity index (χ1n) is 7.30. The molecule has 3 rings (SSSR count). The van der Waals surface area contributed by atoms with Crippen LogP contribution >= 0.6 is 11.3 Å². The first-order valence-corrected chi connectivity index (χ1v) is 8.18. The van der Waals surface area contributed by atoms with E-state index in [9.17, 15) is 0 Å². The van der Waals surface area contributed by atoms with Gasteiger partial charge in [-0.25, -0.2) is 0 Å². The third kappa shape index (κ3) is 2.36. The quantitative estimate of drug-likeness (QED) is 0.898. The minimum Gasteiger partial charge on any atom is -0.314 e. The second-order valence-corrected chi connectivity index (χ2v) is 6.81. The Morgan fingerprint density at radius 3 is 2.61 bits per heavy atom. The van der Waals surface area contributed by atoms with E-state index in [1.165, 1.54) is 37.8 Å². The molecule has 3 heterocycles. The number of nitrogens with one attached hydrogen (secondary N) is 1. The van der Waals surface area contributed by atoms with Crippen LogP contribution in [0.5, 0.6) is 0 Å². The molecule has 1 aromatic rings. The van der Waals surface area contributed by atoms with Crippen LogP contribution in [0.15, 0.2) is 11.4 Å². The summed E-state index contributed by atoms with van der Waals surface area (Å²) in [6, 6.07) is 4.68. The number of nitrogens with zero attached hydrogens (tertiary/aromatic N) is 1. The standard InChI is InChI=1S/C15H24N2S/c1-3-16-12-8-13-4-5-14(9-12)17(13)10-15-11(2)6-7-18-15/h6-7,12-14,16H,3-5,8-10H2,1-2H3. The van der Waals surface area contributed by atoms with Gasteiger partial charge in [-0.05, 0) is 56.2 Å². The number of piperidine rings is 1. The van der Waals surface area contributed by atoms with E-state index in [0.29, 0.717) is 0 Å². The molecule has 0 radical (unpaired) electrons. The Bertz CT molecular complexity index is 387. The molecule has 100 valence electrons. The molecule has 0 spiro atoms. The molecule has 2 saturated heterocycles. The molecule has 2 nitrogen and oxygen atoms in total. The van der Waals surface area contributed by atoms with Gasteiger partial charge in [-0.15, -0.1) is 11.3 Å². The second-order valence-electron chi connectivity index (χ2n) is 5.81. The van der Waals surface area contributed by atoms with E-state index in [1.807, 2.05) is 11.3 Å². The molecule has 2 bridgehead atoms. The predicted octanol–water partition coefficient (Wildman–Crippen LogP) is 3.16. The number of hydrogen-bond acceptors (Lipinski definition) is 3. The highest BCUT2D eigenvalue weighted by atomic mass is 32.1. The maximum Gasteiger partial charge on any atom is 0.0336 e. The summed E-state index contributed by atoms with van der Waals surface area (Å²) < 4.78 is 0. The Morgan fingerprint density at radius 2 is 2.06 bits per heavy atom. The zero-order valence-corrected chi connectivity index (χ0v) is 12.3. The summed E-state index contributed by atoms with van der Waals surface area (Å²) in [4.78, 5) is 4.36. The minimum absolute atomic E-state index is 0.771. The summed E-state index contributed by atoms with van der Waals surface area (Å²) >= 11 is 1.93. The molecular formula is C15H24N2S. The SMILES string of the molecule is CCNC1CC2CCC(C1)N2Cc1sccc1C. The lowest BCUT2D eigenvalue weighted by atomic mass is 9.97. The summed E-state index contributed by atoms with van der Waals surface area (Å²) in [7, 11) is 0. The van der Waals surface area contributed by atoms with Crippen molar-refractivity contribution >= 4 is 11.3 Å². The Morgan fingerprint density at radius 1 is 1.33 bits per heavy atom. The van der Waals surface area contributed by atoms with Crippen LogP contribution in [0.3, 0.4) is 0 Å². The summed E-state index contributed by atoms with van der Waals surface area (Å²) in [5.41, 5.74) is 1.48. The Kier molecular flexibility index (Phi) is 3.73. The maximum absolute atomic E-state index is 3.65. The third-order valence-corrected chi connectivity index (χ3v) is 5.68. The molecule has 0 aliphatic carbocycles. The van der Waals surface area contributed by atoms with E-state index in [4.69, 9.17) is 0 Å². The van der Waals surface area contributed by atoms with Gasteiger partial charge >= 0.3 is 0 Å². The summed E-state index contributed by atoms with van der Waals surface area (Å²) in [6.45, 7) is 6.79. The highest BCUT2D eigenvalue weighted by molar-refractivity contribution is 7.10. The molecule has 0 saturated carbocycles. The van der Waals surface area contributed by atoms with Crippen molar-refractivity contribution in [1.82, 2.24) is 10.2 Å². The van der Waals surface area contributed by atoms with Gasteiger partial charge in [0.05, 0.1) is 0 Å². The van der Waals surface area contributed by atoms with Crippen molar-refractivity contribution < 1.29 is 0 Å². The summed E-state index contributed by atoms with van der Waals surface area (Å²) in [5.74, 6) is 0. The molecule has 3 heteroatoms. The summed E-state index contributed by atoms with van der Waals surface area (Å²) in [5, 5.41) is 5.89. The topological polar surface area (TPSA) is 15.3 Å². The van der Waals surface area contributed by atoms with Crippen LogP contribution in [0.1, 0.15) is 43.0 Å². The van der Waals surface area contributed by atoms with Crippen molar-refractivity contribution in [2.45, 2.75) is 64.2 Å². The fraction of sp³-hybridized carbons (Fsp3) is 0.733. The van der Waals surface area contributed by atoms with Crippen molar-refractivity contribution in [3.8, 4) is 0 Å². The molecule has 2 fully saturated rings. The fourth-order valence-electron chi connectivity index (χ4n) is 3.72. The van der Waals surface area contributed by atoms with Gasteiger partial charge in [0, 0.05) is 29.5 Å². The Hall–Kier alpha value is -0.380. The van der Waals surface area contributed by atoms with Crippen molar-refractivity contribution in [3.05, 3.63) is 21.9 Å². The fourth-order valence-corrected chi connectivity index (χ4v) is 4.63. The van der Waals surface area contributed by atoms with Crippen molar-refractivity contribution in [3.63, 3.8) is 0 Å². The van der Waals surface area contributed by atoms with Crippen LogP contribution < -0.4 is 5.32 Å². The highest BCUT2D eigenvalue weighted by Gasteiger charge is 2.40. The smallest absolute Gasteiger partial charge is 0.0336 e. The van der Waals surface area contributed by atoms with Crippen molar-refractivity contribution in [2.24, 2.45) is 0 Å². The van der Waals surface area contributed by atoms with E-state index in [1.54, 1.807) is 4.88 Å². The molecule has 1 aromatic heterocycles. The lowest BCUT2D eigenvalue weighted by Crippen LogP contribution is -2.48. The van der Waals surface area contributed by atoms with Crippen LogP contribution in [-0.4, -0.2) is 29.6 Å².